The predicted octanol–water partition coefficient (Wildman–Crippen LogP) is 5.59. The molecule has 0 atom stereocenters. The first kappa shape index (κ1) is 20.5. The molecule has 2 aromatic heterocycles. The van der Waals surface area contributed by atoms with E-state index in [1.807, 2.05) is 41.9 Å². The number of aryl methyl sites for hydroxylation is 1. The van der Waals surface area contributed by atoms with Crippen LogP contribution in [-0.2, 0) is 6.18 Å². The molecule has 0 fully saturated rings. The lowest BCUT2D eigenvalue weighted by Crippen LogP contribution is -2.13. The monoisotopic (exact) mass is 425 g/mol. The summed E-state index contributed by atoms with van der Waals surface area (Å²) < 4.78 is 45.5. The van der Waals surface area contributed by atoms with E-state index in [2.05, 4.69) is 10.3 Å². The highest BCUT2D eigenvalue weighted by molar-refractivity contribution is 6.05. The van der Waals surface area contributed by atoms with E-state index in [1.54, 1.807) is 12.1 Å². The standard InChI is InChI=1S/C23H18F3N3O2/c1-14-9-10-29-13-19(27-21(29)11-14)16-5-8-20(31-2)18(12-16)28-22(30)15-3-6-17(7-4-15)23(24,25)26/h3-13H,1-2H3,(H,28,30). The number of benzene rings is 2. The summed E-state index contributed by atoms with van der Waals surface area (Å²) in [5.74, 6) is -0.126. The molecule has 0 aliphatic heterocycles. The molecule has 158 valence electrons. The number of halogens is 3. The molecule has 1 amide bonds. The molecule has 1 N–H and O–H groups in total. The van der Waals surface area contributed by atoms with Crippen LogP contribution in [0.1, 0.15) is 21.5 Å². The summed E-state index contributed by atoms with van der Waals surface area (Å²) in [5, 5.41) is 2.71. The summed E-state index contributed by atoms with van der Waals surface area (Å²) >= 11 is 0. The van der Waals surface area contributed by atoms with Gasteiger partial charge in [-0.2, -0.15) is 13.2 Å². The number of amides is 1. The van der Waals surface area contributed by atoms with Gasteiger partial charge >= 0.3 is 6.18 Å². The van der Waals surface area contributed by atoms with Crippen molar-refractivity contribution < 1.29 is 22.7 Å². The van der Waals surface area contributed by atoms with E-state index < -0.39 is 17.6 Å². The van der Waals surface area contributed by atoms with E-state index in [0.29, 0.717) is 17.1 Å². The Bertz CT molecular complexity index is 1260. The third-order valence-electron chi connectivity index (χ3n) is 4.83. The molecule has 0 spiro atoms. The number of hydrogen-bond donors (Lipinski definition) is 1. The van der Waals surface area contributed by atoms with Gasteiger partial charge in [-0.05, 0) is 67.1 Å². The molecule has 0 saturated heterocycles. The number of methoxy groups -OCH3 is 1. The van der Waals surface area contributed by atoms with Crippen molar-refractivity contribution in [3.05, 3.63) is 83.7 Å². The van der Waals surface area contributed by atoms with Gasteiger partial charge in [0.1, 0.15) is 11.4 Å². The molecule has 0 unspecified atom stereocenters. The van der Waals surface area contributed by atoms with Crippen LogP contribution < -0.4 is 10.1 Å². The number of anilines is 1. The van der Waals surface area contributed by atoms with Gasteiger partial charge in [0.15, 0.2) is 0 Å². The average Bonchev–Trinajstić information content (AvgIpc) is 3.16. The minimum absolute atomic E-state index is 0.101. The predicted molar refractivity (Wildman–Crippen MR) is 111 cm³/mol. The number of ether oxygens (including phenoxy) is 1. The Hall–Kier alpha value is -3.81. The van der Waals surface area contributed by atoms with Crippen LogP contribution >= 0.6 is 0 Å². The summed E-state index contributed by atoms with van der Waals surface area (Å²) in [5.41, 5.74) is 3.01. The number of nitrogens with zero attached hydrogens (tertiary/aromatic N) is 2. The average molecular weight is 425 g/mol. The van der Waals surface area contributed by atoms with Crippen molar-refractivity contribution in [2.75, 3.05) is 12.4 Å². The number of aromatic nitrogens is 2. The first-order valence-electron chi connectivity index (χ1n) is 9.37. The van der Waals surface area contributed by atoms with Gasteiger partial charge < -0.3 is 14.5 Å². The highest BCUT2D eigenvalue weighted by Crippen LogP contribution is 2.32. The second-order valence-corrected chi connectivity index (χ2v) is 7.04. The largest absolute Gasteiger partial charge is 0.495 e. The van der Waals surface area contributed by atoms with E-state index in [-0.39, 0.29) is 5.56 Å². The number of carbonyl (C=O) groups is 1. The van der Waals surface area contributed by atoms with Crippen LogP contribution in [0, 0.1) is 6.92 Å². The number of hydrogen-bond acceptors (Lipinski definition) is 3. The van der Waals surface area contributed by atoms with E-state index in [0.717, 1.165) is 41.0 Å². The van der Waals surface area contributed by atoms with Crippen molar-refractivity contribution in [1.29, 1.82) is 0 Å². The quantitative estimate of drug-likeness (QED) is 0.464. The van der Waals surface area contributed by atoms with Crippen molar-refractivity contribution >= 4 is 17.2 Å². The topological polar surface area (TPSA) is 55.6 Å². The second-order valence-electron chi connectivity index (χ2n) is 7.04. The van der Waals surface area contributed by atoms with Crippen LogP contribution in [0.2, 0.25) is 0 Å². The van der Waals surface area contributed by atoms with Gasteiger partial charge in [0.25, 0.3) is 5.91 Å². The van der Waals surface area contributed by atoms with Crippen molar-refractivity contribution in [3.63, 3.8) is 0 Å². The maximum Gasteiger partial charge on any atom is 0.416 e. The zero-order valence-electron chi connectivity index (χ0n) is 16.7. The van der Waals surface area contributed by atoms with Gasteiger partial charge in [-0.1, -0.05) is 0 Å². The summed E-state index contributed by atoms with van der Waals surface area (Å²) in [6.45, 7) is 1.98. The molecule has 2 heterocycles. The third-order valence-corrected chi connectivity index (χ3v) is 4.83. The van der Waals surface area contributed by atoms with Gasteiger partial charge in [-0.3, -0.25) is 4.79 Å². The summed E-state index contributed by atoms with van der Waals surface area (Å²) in [6.07, 6.45) is -0.671. The molecule has 0 bridgehead atoms. The molecule has 31 heavy (non-hydrogen) atoms. The number of pyridine rings is 1. The number of rotatable bonds is 4. The van der Waals surface area contributed by atoms with Crippen LogP contribution in [0.15, 0.2) is 67.0 Å². The van der Waals surface area contributed by atoms with Gasteiger partial charge in [0.2, 0.25) is 0 Å². The van der Waals surface area contributed by atoms with E-state index in [4.69, 9.17) is 4.74 Å². The third kappa shape index (κ3) is 4.23. The number of nitrogens with one attached hydrogen (secondary N) is 1. The van der Waals surface area contributed by atoms with Crippen molar-refractivity contribution in [2.24, 2.45) is 0 Å². The van der Waals surface area contributed by atoms with Crippen molar-refractivity contribution in [3.8, 4) is 17.0 Å². The van der Waals surface area contributed by atoms with E-state index >= 15 is 0 Å². The Morgan fingerprint density at radius 2 is 1.81 bits per heavy atom. The van der Waals surface area contributed by atoms with Crippen LogP contribution in [0.3, 0.4) is 0 Å². The molecular weight excluding hydrogens is 407 g/mol. The summed E-state index contributed by atoms with van der Waals surface area (Å²) in [6, 6.07) is 13.2. The molecule has 8 heteroatoms. The zero-order chi connectivity index (χ0) is 22.2. The van der Waals surface area contributed by atoms with Gasteiger partial charge in [0.05, 0.1) is 24.1 Å². The minimum Gasteiger partial charge on any atom is -0.495 e. The Morgan fingerprint density at radius 1 is 1.06 bits per heavy atom. The van der Waals surface area contributed by atoms with Crippen molar-refractivity contribution in [2.45, 2.75) is 13.1 Å². The first-order chi connectivity index (χ1) is 14.7. The molecule has 0 aliphatic rings. The van der Waals surface area contributed by atoms with Gasteiger partial charge in [-0.25, -0.2) is 4.98 Å². The Balaban J connectivity index is 1.63. The first-order valence-corrected chi connectivity index (χ1v) is 9.37. The minimum atomic E-state index is -4.46. The normalized spacial score (nSPS) is 11.5. The van der Waals surface area contributed by atoms with Crippen molar-refractivity contribution in [1.82, 2.24) is 9.38 Å². The Kier molecular flexibility index (Phi) is 5.14. The van der Waals surface area contributed by atoms with Gasteiger partial charge in [0, 0.05) is 23.5 Å². The fourth-order valence-electron chi connectivity index (χ4n) is 3.19. The molecule has 4 aromatic rings. The molecular formula is C23H18F3N3O2. The molecule has 2 aromatic carbocycles. The van der Waals surface area contributed by atoms with Gasteiger partial charge in [-0.15, -0.1) is 0 Å². The molecule has 4 rings (SSSR count). The van der Waals surface area contributed by atoms with Crippen LogP contribution in [0.4, 0.5) is 18.9 Å². The summed E-state index contributed by atoms with van der Waals surface area (Å²) in [7, 11) is 1.47. The lowest BCUT2D eigenvalue weighted by molar-refractivity contribution is -0.137. The van der Waals surface area contributed by atoms with Crippen LogP contribution in [0.5, 0.6) is 5.75 Å². The smallest absolute Gasteiger partial charge is 0.416 e. The summed E-state index contributed by atoms with van der Waals surface area (Å²) in [4.78, 5) is 17.2. The molecule has 0 radical (unpaired) electrons. The number of imidazole rings is 1. The number of fused-ring (bicyclic) bond motifs is 1. The van der Waals surface area contributed by atoms with E-state index in [9.17, 15) is 18.0 Å². The lowest BCUT2D eigenvalue weighted by atomic mass is 10.1. The fourth-order valence-corrected chi connectivity index (χ4v) is 3.19. The number of alkyl halides is 3. The second kappa shape index (κ2) is 7.79. The van der Waals surface area contributed by atoms with Crippen LogP contribution in [0.25, 0.3) is 16.9 Å². The molecule has 0 aliphatic carbocycles. The number of carbonyl (C=O) groups excluding carboxylic acids is 1. The lowest BCUT2D eigenvalue weighted by Gasteiger charge is -2.12. The van der Waals surface area contributed by atoms with Crippen LogP contribution in [-0.4, -0.2) is 22.4 Å². The Morgan fingerprint density at radius 3 is 2.48 bits per heavy atom. The molecule has 5 nitrogen and oxygen atoms in total. The Labute approximate surface area is 176 Å². The highest BCUT2D eigenvalue weighted by Gasteiger charge is 2.30. The maximum absolute atomic E-state index is 12.7. The zero-order valence-corrected chi connectivity index (χ0v) is 16.7. The SMILES string of the molecule is COc1ccc(-c2cn3ccc(C)cc3n2)cc1NC(=O)c1ccc(C(F)(F)F)cc1. The maximum atomic E-state index is 12.7. The fraction of sp³-hybridized carbons (Fsp3) is 0.130. The molecule has 0 saturated carbocycles. The highest BCUT2D eigenvalue weighted by atomic mass is 19.4. The van der Waals surface area contributed by atoms with E-state index in [1.165, 1.54) is 7.11 Å².